The first kappa shape index (κ1) is 23.0. The lowest BCUT2D eigenvalue weighted by Crippen LogP contribution is -2.29. The van der Waals surface area contributed by atoms with E-state index in [1.165, 1.54) is 24.1 Å². The SMILES string of the molecule is COc1cccc(N2C(=O)C(=O)/C(=C(\O)c3ccc(Cl)c(Cl)c3)C2c2cccc3ccccc23)c1. The van der Waals surface area contributed by atoms with Crippen LogP contribution in [0.3, 0.4) is 0 Å². The van der Waals surface area contributed by atoms with Crippen LogP contribution in [0.2, 0.25) is 10.0 Å². The molecule has 1 atom stereocenters. The van der Waals surface area contributed by atoms with Crippen LogP contribution in [0.1, 0.15) is 17.2 Å². The molecule has 1 fully saturated rings. The van der Waals surface area contributed by atoms with Gasteiger partial charge in [0, 0.05) is 17.3 Å². The summed E-state index contributed by atoms with van der Waals surface area (Å²) in [5.74, 6) is -1.34. The molecule has 174 valence electrons. The molecule has 4 aromatic carbocycles. The normalized spacial score (nSPS) is 17.2. The van der Waals surface area contributed by atoms with E-state index in [1.54, 1.807) is 30.3 Å². The number of hydrogen-bond acceptors (Lipinski definition) is 4. The van der Waals surface area contributed by atoms with E-state index in [1.807, 2.05) is 42.5 Å². The van der Waals surface area contributed by atoms with E-state index >= 15 is 0 Å². The number of Topliss-reactive ketones (excluding diaryl/α,β-unsaturated/α-hetero) is 1. The zero-order valence-corrected chi connectivity index (χ0v) is 20.0. The average Bonchev–Trinajstić information content (AvgIpc) is 3.15. The highest BCUT2D eigenvalue weighted by molar-refractivity contribution is 6.52. The molecule has 1 amide bonds. The molecule has 5 nitrogen and oxygen atoms in total. The summed E-state index contributed by atoms with van der Waals surface area (Å²) in [5.41, 5.74) is 1.42. The van der Waals surface area contributed by atoms with E-state index < -0.39 is 17.7 Å². The highest BCUT2D eigenvalue weighted by atomic mass is 35.5. The second-order valence-electron chi connectivity index (χ2n) is 8.07. The standard InChI is InChI=1S/C28H19Cl2NO4/c1-35-19-9-5-8-18(15-19)31-25(21-11-4-7-16-6-2-3-10-20(16)21)24(27(33)28(31)34)26(32)17-12-13-22(29)23(30)14-17/h2-15,25,32H,1H3/b26-24-. The minimum atomic E-state index is -0.886. The van der Waals surface area contributed by atoms with Crippen molar-refractivity contribution >= 4 is 57.1 Å². The maximum absolute atomic E-state index is 13.4. The summed E-state index contributed by atoms with van der Waals surface area (Å²) in [6.45, 7) is 0. The Bertz CT molecular complexity index is 1520. The van der Waals surface area contributed by atoms with Crippen LogP contribution in [0.4, 0.5) is 5.69 Å². The van der Waals surface area contributed by atoms with Crippen molar-refractivity contribution in [2.75, 3.05) is 12.0 Å². The predicted molar refractivity (Wildman–Crippen MR) is 138 cm³/mol. The molecule has 1 saturated heterocycles. The fourth-order valence-electron chi connectivity index (χ4n) is 4.44. The molecule has 0 bridgehead atoms. The van der Waals surface area contributed by atoms with Crippen LogP contribution in [0.5, 0.6) is 5.75 Å². The zero-order chi connectivity index (χ0) is 24.7. The fourth-order valence-corrected chi connectivity index (χ4v) is 4.74. The monoisotopic (exact) mass is 503 g/mol. The van der Waals surface area contributed by atoms with E-state index in [9.17, 15) is 14.7 Å². The van der Waals surface area contributed by atoms with Gasteiger partial charge in [0.1, 0.15) is 11.5 Å². The molecule has 0 radical (unpaired) electrons. The number of nitrogens with zero attached hydrogens (tertiary/aromatic N) is 1. The molecule has 1 unspecified atom stereocenters. The molecule has 1 heterocycles. The van der Waals surface area contributed by atoms with Crippen molar-refractivity contribution in [3.05, 3.63) is 112 Å². The van der Waals surface area contributed by atoms with Crippen LogP contribution < -0.4 is 9.64 Å². The van der Waals surface area contributed by atoms with E-state index in [4.69, 9.17) is 27.9 Å². The van der Waals surface area contributed by atoms with Gasteiger partial charge in [0.25, 0.3) is 11.7 Å². The number of amides is 1. The number of rotatable bonds is 4. The number of anilines is 1. The third kappa shape index (κ3) is 3.93. The van der Waals surface area contributed by atoms with Crippen molar-refractivity contribution in [2.24, 2.45) is 0 Å². The highest BCUT2D eigenvalue weighted by Crippen LogP contribution is 2.45. The smallest absolute Gasteiger partial charge is 0.300 e. The molecule has 1 N–H and O–H groups in total. The number of aliphatic hydroxyl groups is 1. The van der Waals surface area contributed by atoms with Crippen molar-refractivity contribution in [3.8, 4) is 5.75 Å². The molecule has 0 spiro atoms. The molecule has 0 aromatic heterocycles. The molecule has 1 aliphatic heterocycles. The second-order valence-corrected chi connectivity index (χ2v) is 8.88. The Kier molecular flexibility index (Phi) is 5.97. The van der Waals surface area contributed by atoms with Gasteiger partial charge >= 0.3 is 0 Å². The number of ketones is 1. The van der Waals surface area contributed by atoms with E-state index in [0.29, 0.717) is 22.0 Å². The highest BCUT2D eigenvalue weighted by Gasteiger charge is 2.47. The van der Waals surface area contributed by atoms with E-state index in [-0.39, 0.29) is 21.9 Å². The Hall–Kier alpha value is -3.80. The lowest BCUT2D eigenvalue weighted by Gasteiger charge is -2.26. The van der Waals surface area contributed by atoms with E-state index in [0.717, 1.165) is 10.8 Å². The van der Waals surface area contributed by atoms with Crippen LogP contribution in [0.25, 0.3) is 16.5 Å². The number of ether oxygens (including phenoxy) is 1. The number of halogens is 2. The fraction of sp³-hybridized carbons (Fsp3) is 0.0714. The van der Waals surface area contributed by atoms with Crippen molar-refractivity contribution in [2.45, 2.75) is 6.04 Å². The number of benzene rings is 4. The Morgan fingerprint density at radius 1 is 0.886 bits per heavy atom. The first-order valence-electron chi connectivity index (χ1n) is 10.8. The molecule has 7 heteroatoms. The minimum Gasteiger partial charge on any atom is -0.507 e. The quantitative estimate of drug-likeness (QED) is 0.189. The molecule has 0 saturated carbocycles. The molecule has 5 rings (SSSR count). The Labute approximate surface area is 211 Å². The zero-order valence-electron chi connectivity index (χ0n) is 18.5. The van der Waals surface area contributed by atoms with Crippen LogP contribution in [-0.4, -0.2) is 23.9 Å². The maximum Gasteiger partial charge on any atom is 0.300 e. The van der Waals surface area contributed by atoms with Crippen LogP contribution in [0.15, 0.2) is 90.5 Å². The molecule has 1 aliphatic rings. The largest absolute Gasteiger partial charge is 0.507 e. The van der Waals surface area contributed by atoms with Gasteiger partial charge in [-0.15, -0.1) is 0 Å². The number of carbonyl (C=O) groups excluding carboxylic acids is 2. The molecular weight excluding hydrogens is 485 g/mol. The van der Waals surface area contributed by atoms with Crippen molar-refractivity contribution in [1.82, 2.24) is 0 Å². The number of carbonyl (C=O) groups is 2. The lowest BCUT2D eigenvalue weighted by atomic mass is 9.91. The van der Waals surface area contributed by atoms with Gasteiger partial charge in [-0.05, 0) is 46.7 Å². The van der Waals surface area contributed by atoms with Crippen LogP contribution in [0, 0.1) is 0 Å². The number of methoxy groups -OCH3 is 1. The van der Waals surface area contributed by atoms with Gasteiger partial charge in [-0.1, -0.05) is 71.7 Å². The third-order valence-corrected chi connectivity index (χ3v) is 6.83. The second kappa shape index (κ2) is 9.10. The van der Waals surface area contributed by atoms with Gasteiger partial charge in [0.05, 0.1) is 28.8 Å². The summed E-state index contributed by atoms with van der Waals surface area (Å²) in [6.07, 6.45) is 0. The summed E-state index contributed by atoms with van der Waals surface area (Å²) in [6, 6.07) is 23.9. The Morgan fingerprint density at radius 3 is 2.40 bits per heavy atom. The summed E-state index contributed by atoms with van der Waals surface area (Å²) in [4.78, 5) is 28.3. The number of fused-ring (bicyclic) bond motifs is 1. The molecule has 0 aliphatic carbocycles. The lowest BCUT2D eigenvalue weighted by molar-refractivity contribution is -0.132. The average molecular weight is 504 g/mol. The van der Waals surface area contributed by atoms with Gasteiger partial charge in [-0.3, -0.25) is 14.5 Å². The molecule has 4 aromatic rings. The maximum atomic E-state index is 13.4. The Morgan fingerprint density at radius 2 is 1.63 bits per heavy atom. The summed E-state index contributed by atoms with van der Waals surface area (Å²) >= 11 is 12.2. The Balaban J connectivity index is 1.81. The third-order valence-electron chi connectivity index (χ3n) is 6.09. The number of aliphatic hydroxyl groups excluding tert-OH is 1. The van der Waals surface area contributed by atoms with Crippen LogP contribution >= 0.6 is 23.2 Å². The summed E-state index contributed by atoms with van der Waals surface area (Å²) < 4.78 is 5.34. The van der Waals surface area contributed by atoms with Gasteiger partial charge in [-0.2, -0.15) is 0 Å². The molecular formula is C28H19Cl2NO4. The van der Waals surface area contributed by atoms with Gasteiger partial charge in [0.2, 0.25) is 0 Å². The topological polar surface area (TPSA) is 66.8 Å². The first-order valence-corrected chi connectivity index (χ1v) is 11.5. The van der Waals surface area contributed by atoms with Crippen LogP contribution in [-0.2, 0) is 9.59 Å². The van der Waals surface area contributed by atoms with Gasteiger partial charge in [0.15, 0.2) is 0 Å². The summed E-state index contributed by atoms with van der Waals surface area (Å²) in [7, 11) is 1.53. The van der Waals surface area contributed by atoms with E-state index in [2.05, 4.69) is 0 Å². The van der Waals surface area contributed by atoms with Crippen molar-refractivity contribution < 1.29 is 19.4 Å². The van der Waals surface area contributed by atoms with Crippen molar-refractivity contribution in [3.63, 3.8) is 0 Å². The minimum absolute atomic E-state index is 0.0347. The summed E-state index contributed by atoms with van der Waals surface area (Å²) in [5, 5.41) is 13.7. The van der Waals surface area contributed by atoms with Gasteiger partial charge in [-0.25, -0.2) is 0 Å². The number of hydrogen-bond donors (Lipinski definition) is 1. The first-order chi connectivity index (χ1) is 16.9. The van der Waals surface area contributed by atoms with Crippen molar-refractivity contribution in [1.29, 1.82) is 0 Å². The predicted octanol–water partition coefficient (Wildman–Crippen LogP) is 6.78. The molecule has 35 heavy (non-hydrogen) atoms. The van der Waals surface area contributed by atoms with Gasteiger partial charge < -0.3 is 9.84 Å².